The van der Waals surface area contributed by atoms with Gasteiger partial charge in [-0.2, -0.15) is 18.3 Å². The van der Waals surface area contributed by atoms with Crippen LogP contribution in [0.5, 0.6) is 5.75 Å². The third-order valence-corrected chi connectivity index (χ3v) is 11.3. The number of aromatic amines is 1. The van der Waals surface area contributed by atoms with Crippen LogP contribution in [-0.4, -0.2) is 133 Å². The molecule has 3 aliphatic heterocycles. The zero-order valence-electron chi connectivity index (χ0n) is 31.3. The van der Waals surface area contributed by atoms with Crippen molar-refractivity contribution in [3.05, 3.63) is 71.3 Å². The number of carbonyl (C=O) groups is 4. The number of H-pyrrole nitrogens is 1. The van der Waals surface area contributed by atoms with Crippen molar-refractivity contribution >= 4 is 29.4 Å². The smallest absolute Gasteiger partial charge is 0.435 e. The summed E-state index contributed by atoms with van der Waals surface area (Å²) >= 11 is 0. The SMILES string of the molecule is Cn1c(-c2c(C(F)(F)F)n[nH]c2-c2ccc(O)cc2F)cnc1C(=O)Nc1ccc(C(=O)N2CCN(C(=O)C3CC[N+](CC(=O)O)(CC4CNC4)CC3)CC2)c(F)c1. The molecule has 3 aliphatic rings. The predicted octanol–water partition coefficient (Wildman–Crippen LogP) is 3.55. The largest absolute Gasteiger partial charge is 0.508 e. The first-order valence-electron chi connectivity index (χ1n) is 18.7. The number of rotatable bonds is 10. The number of carboxylic acid groups (broad SMARTS) is 1. The van der Waals surface area contributed by atoms with Crippen LogP contribution in [0.25, 0.3) is 22.5 Å². The Morgan fingerprint density at radius 2 is 1.66 bits per heavy atom. The molecule has 0 radical (unpaired) electrons. The second kappa shape index (κ2) is 15.8. The topological polar surface area (TPSA) is 186 Å². The van der Waals surface area contributed by atoms with Gasteiger partial charge in [0.05, 0.1) is 48.3 Å². The number of aromatic hydroxyl groups is 1. The summed E-state index contributed by atoms with van der Waals surface area (Å²) in [5, 5.41) is 30.4. The van der Waals surface area contributed by atoms with E-state index in [1.54, 1.807) is 4.90 Å². The van der Waals surface area contributed by atoms with Crippen molar-refractivity contribution in [2.75, 3.05) is 70.8 Å². The zero-order valence-corrected chi connectivity index (χ0v) is 31.3. The number of carbonyl (C=O) groups excluding carboxylic acids is 3. The number of hydrogen-bond donors (Lipinski definition) is 5. The van der Waals surface area contributed by atoms with E-state index in [9.17, 15) is 47.0 Å². The van der Waals surface area contributed by atoms with Gasteiger partial charge in [-0.1, -0.05) is 0 Å². The number of phenolic OH excluding ortho intramolecular Hbond substituents is 1. The molecule has 7 rings (SSSR count). The number of imidazole rings is 1. The van der Waals surface area contributed by atoms with Crippen molar-refractivity contribution in [1.82, 2.24) is 34.9 Å². The minimum absolute atomic E-state index is 0.0313. The van der Waals surface area contributed by atoms with Crippen LogP contribution in [0.2, 0.25) is 0 Å². The van der Waals surface area contributed by atoms with Crippen LogP contribution in [-0.2, 0) is 22.8 Å². The van der Waals surface area contributed by atoms with Crippen molar-refractivity contribution < 1.29 is 55.8 Å². The number of piperazine rings is 1. The van der Waals surface area contributed by atoms with Crippen molar-refractivity contribution in [3.63, 3.8) is 0 Å². The summed E-state index contributed by atoms with van der Waals surface area (Å²) in [7, 11) is 1.26. The summed E-state index contributed by atoms with van der Waals surface area (Å²) < 4.78 is 73.8. The van der Waals surface area contributed by atoms with Gasteiger partial charge in [-0.05, 0) is 30.3 Å². The maximum atomic E-state index is 15.4. The van der Waals surface area contributed by atoms with E-state index in [1.165, 1.54) is 24.1 Å². The number of anilines is 1. The second-order valence-corrected chi connectivity index (χ2v) is 15.1. The summed E-state index contributed by atoms with van der Waals surface area (Å²) in [5.41, 5.74) is -3.31. The monoisotopic (exact) mass is 814 g/mol. The van der Waals surface area contributed by atoms with E-state index in [0.29, 0.717) is 36.3 Å². The molecule has 3 fully saturated rings. The highest BCUT2D eigenvalue weighted by atomic mass is 19.4. The lowest BCUT2D eigenvalue weighted by Gasteiger charge is -2.46. The maximum Gasteiger partial charge on any atom is 0.435 e. The number of piperidine rings is 1. The van der Waals surface area contributed by atoms with Crippen molar-refractivity contribution in [1.29, 1.82) is 0 Å². The summed E-state index contributed by atoms with van der Waals surface area (Å²) in [4.78, 5) is 58.8. The fourth-order valence-corrected chi connectivity index (χ4v) is 8.14. The quantitative estimate of drug-likeness (QED) is 0.118. The molecule has 0 saturated carbocycles. The number of alkyl halides is 3. The van der Waals surface area contributed by atoms with Crippen LogP contribution in [0, 0.1) is 23.5 Å². The Morgan fingerprint density at radius 3 is 2.26 bits per heavy atom. The van der Waals surface area contributed by atoms with Gasteiger partial charge in [0.2, 0.25) is 5.91 Å². The lowest BCUT2D eigenvalue weighted by molar-refractivity contribution is -0.929. The first-order chi connectivity index (χ1) is 27.5. The zero-order chi connectivity index (χ0) is 41.5. The first-order valence-corrected chi connectivity index (χ1v) is 18.7. The number of quaternary nitrogens is 1. The third-order valence-electron chi connectivity index (χ3n) is 11.3. The van der Waals surface area contributed by atoms with Crippen molar-refractivity contribution in [2.24, 2.45) is 18.9 Å². The van der Waals surface area contributed by atoms with Gasteiger partial charge < -0.3 is 39.7 Å². The molecular weight excluding hydrogens is 773 g/mol. The number of amides is 3. The van der Waals surface area contributed by atoms with Crippen LogP contribution in [0.3, 0.4) is 0 Å². The Labute approximate surface area is 328 Å². The lowest BCUT2D eigenvalue weighted by Crippen LogP contribution is -2.62. The van der Waals surface area contributed by atoms with Crippen molar-refractivity contribution in [3.8, 4) is 28.3 Å². The number of carboxylic acids is 1. The molecule has 5 N–H and O–H groups in total. The average Bonchev–Trinajstić information content (AvgIpc) is 3.76. The molecule has 3 saturated heterocycles. The number of phenols is 1. The molecule has 4 aromatic rings. The molecule has 5 heterocycles. The molecule has 0 aliphatic carbocycles. The highest BCUT2D eigenvalue weighted by Gasteiger charge is 2.43. The van der Waals surface area contributed by atoms with Crippen LogP contribution >= 0.6 is 0 Å². The minimum atomic E-state index is -4.99. The summed E-state index contributed by atoms with van der Waals surface area (Å²) in [6, 6.07) is 6.28. The number of aromatic nitrogens is 4. The lowest BCUT2D eigenvalue weighted by atomic mass is 9.90. The third kappa shape index (κ3) is 8.11. The predicted molar refractivity (Wildman–Crippen MR) is 196 cm³/mol. The molecule has 2 aromatic carbocycles. The van der Waals surface area contributed by atoms with Crippen LogP contribution < -0.4 is 10.6 Å². The van der Waals surface area contributed by atoms with Gasteiger partial charge in [0.1, 0.15) is 17.4 Å². The molecule has 0 unspecified atom stereocenters. The van der Waals surface area contributed by atoms with Gasteiger partial charge in [-0.15, -0.1) is 0 Å². The van der Waals surface area contributed by atoms with Gasteiger partial charge >= 0.3 is 12.1 Å². The summed E-state index contributed by atoms with van der Waals surface area (Å²) in [5.74, 6) is -5.05. The van der Waals surface area contributed by atoms with Crippen molar-refractivity contribution in [2.45, 2.75) is 19.0 Å². The maximum absolute atomic E-state index is 15.4. The fraction of sp³-hybridized carbons (Fsp3) is 0.421. The molecular formula is C38H41F5N9O6+. The Morgan fingerprint density at radius 1 is 0.966 bits per heavy atom. The van der Waals surface area contributed by atoms with Crippen LogP contribution in [0.15, 0.2) is 42.6 Å². The average molecular weight is 815 g/mol. The van der Waals surface area contributed by atoms with Gasteiger partial charge in [-0.3, -0.25) is 19.5 Å². The Kier molecular flexibility index (Phi) is 11.0. The van der Waals surface area contributed by atoms with Crippen LogP contribution in [0.4, 0.5) is 27.6 Å². The molecule has 20 heteroatoms. The molecule has 2 aromatic heterocycles. The van der Waals surface area contributed by atoms with Crippen LogP contribution in [0.1, 0.15) is 39.5 Å². The Bertz CT molecular complexity index is 2240. The highest BCUT2D eigenvalue weighted by Crippen LogP contribution is 2.42. The summed E-state index contributed by atoms with van der Waals surface area (Å²) in [6.45, 7) is 4.58. The minimum Gasteiger partial charge on any atom is -0.508 e. The molecule has 15 nitrogen and oxygen atoms in total. The van der Waals surface area contributed by atoms with E-state index in [-0.39, 0.29) is 78.6 Å². The second-order valence-electron chi connectivity index (χ2n) is 15.1. The molecule has 3 amide bonds. The number of benzene rings is 2. The van der Waals surface area contributed by atoms with E-state index in [2.05, 4.69) is 25.8 Å². The highest BCUT2D eigenvalue weighted by molar-refractivity contribution is 6.03. The van der Waals surface area contributed by atoms with Gasteiger partial charge in [0.25, 0.3) is 11.8 Å². The standard InChI is InChI=1S/C38H40F5N9O6/c1-49-29(31-32(47-48-33(31)38(41,42)43)25-5-3-24(53)15-28(25)40)18-45-34(49)35(56)46-23-2-4-26(27(39)14-23)37(58)51-10-8-50(9-11-51)36(57)22-6-12-52(13-7-22,20-30(54)55)19-21-16-44-17-21/h2-5,14-15,18,21-22,44H,6-13,16-17,19-20H2,1H3,(H3-,45,46,47,48,53,54,55,56,58)/p+1. The van der Waals surface area contributed by atoms with E-state index >= 15 is 4.39 Å². The normalized spacial score (nSPS) is 20.1. The van der Waals surface area contributed by atoms with E-state index in [0.717, 1.165) is 54.7 Å². The Hall–Kier alpha value is -5.89. The fourth-order valence-electron chi connectivity index (χ4n) is 8.14. The number of likely N-dealkylation sites (tertiary alicyclic amines) is 1. The Balaban J connectivity index is 0.975. The van der Waals surface area contributed by atoms with Gasteiger partial charge in [-0.25, -0.2) is 18.6 Å². The number of aliphatic carboxylic acids is 1. The van der Waals surface area contributed by atoms with Gasteiger partial charge in [0.15, 0.2) is 18.1 Å². The number of hydrogen-bond acceptors (Lipinski definition) is 8. The number of nitrogens with zero attached hydrogens (tertiary/aromatic N) is 6. The molecule has 308 valence electrons. The van der Waals surface area contributed by atoms with Gasteiger partial charge in [0, 0.05) is 88.3 Å². The number of nitrogens with one attached hydrogen (secondary N) is 3. The molecule has 0 bridgehead atoms. The van der Waals surface area contributed by atoms with E-state index < -0.39 is 52.6 Å². The molecule has 0 spiro atoms. The van der Waals surface area contributed by atoms with E-state index in [1.807, 2.05) is 0 Å². The molecule has 58 heavy (non-hydrogen) atoms. The number of halogens is 5. The van der Waals surface area contributed by atoms with E-state index in [4.69, 9.17) is 0 Å². The molecule has 0 atom stereocenters. The summed E-state index contributed by atoms with van der Waals surface area (Å²) in [6.07, 6.45) is -2.86. The first kappa shape index (κ1) is 40.3.